The van der Waals surface area contributed by atoms with Gasteiger partial charge >= 0.3 is 5.97 Å². The van der Waals surface area contributed by atoms with Crippen LogP contribution in [-0.4, -0.2) is 17.0 Å². The molecule has 2 rings (SSSR count). The predicted octanol–water partition coefficient (Wildman–Crippen LogP) is 3.77. The Morgan fingerprint density at radius 3 is 2.55 bits per heavy atom. The molecule has 0 heterocycles. The molecule has 1 aromatic carbocycles. The number of carboxylic acids is 1. The standard InChI is InChI=1S/C16H17Cl2NO3/c1-16(15(21)22,11-7-8-12(17)13(18)9-11)19-14(20)10-5-3-2-4-6-10/h2-3,7-10H,4-6H2,1H3,(H,19,20)(H,21,22). The SMILES string of the molecule is CC(NC(=O)C1CC=CCC1)(C(=O)O)c1ccc(Cl)c(Cl)c1. The van der Waals surface area contributed by atoms with E-state index in [2.05, 4.69) is 5.32 Å². The largest absolute Gasteiger partial charge is 0.479 e. The Labute approximate surface area is 139 Å². The van der Waals surface area contributed by atoms with Crippen molar-refractivity contribution in [2.75, 3.05) is 0 Å². The van der Waals surface area contributed by atoms with Crippen LogP contribution >= 0.6 is 23.2 Å². The van der Waals surface area contributed by atoms with E-state index in [1.807, 2.05) is 12.2 Å². The van der Waals surface area contributed by atoms with Crippen molar-refractivity contribution in [2.24, 2.45) is 5.92 Å². The first-order chi connectivity index (χ1) is 10.3. The average Bonchev–Trinajstić information content (AvgIpc) is 2.50. The van der Waals surface area contributed by atoms with Crippen LogP contribution in [-0.2, 0) is 15.1 Å². The maximum Gasteiger partial charge on any atom is 0.333 e. The van der Waals surface area contributed by atoms with E-state index >= 15 is 0 Å². The maximum absolute atomic E-state index is 12.4. The number of benzene rings is 1. The van der Waals surface area contributed by atoms with Gasteiger partial charge in [-0.3, -0.25) is 4.79 Å². The van der Waals surface area contributed by atoms with E-state index in [-0.39, 0.29) is 16.8 Å². The lowest BCUT2D eigenvalue weighted by molar-refractivity contribution is -0.148. The number of amides is 1. The molecule has 118 valence electrons. The van der Waals surface area contributed by atoms with Gasteiger partial charge in [-0.15, -0.1) is 0 Å². The summed E-state index contributed by atoms with van der Waals surface area (Å²) < 4.78 is 0. The number of hydrogen-bond donors (Lipinski definition) is 2. The molecule has 1 aliphatic carbocycles. The normalized spacial score (nSPS) is 20.2. The summed E-state index contributed by atoms with van der Waals surface area (Å²) in [6, 6.07) is 4.55. The fourth-order valence-electron chi connectivity index (χ4n) is 2.44. The Hall–Kier alpha value is -1.52. The zero-order chi connectivity index (χ0) is 16.3. The fraction of sp³-hybridized carbons (Fsp3) is 0.375. The number of aliphatic carboxylic acids is 1. The van der Waals surface area contributed by atoms with Crippen molar-refractivity contribution in [1.82, 2.24) is 5.32 Å². The third kappa shape index (κ3) is 3.45. The molecule has 1 aliphatic rings. The van der Waals surface area contributed by atoms with Gasteiger partial charge in [0.2, 0.25) is 5.91 Å². The molecule has 0 radical (unpaired) electrons. The molecule has 0 saturated carbocycles. The first kappa shape index (κ1) is 16.8. The van der Waals surface area contributed by atoms with E-state index in [4.69, 9.17) is 23.2 Å². The monoisotopic (exact) mass is 341 g/mol. The lowest BCUT2D eigenvalue weighted by Gasteiger charge is -2.29. The molecule has 0 fully saturated rings. The second-order valence-corrected chi connectivity index (χ2v) is 6.34. The van der Waals surface area contributed by atoms with Crippen LogP contribution in [0.4, 0.5) is 0 Å². The Balaban J connectivity index is 2.27. The smallest absolute Gasteiger partial charge is 0.333 e. The van der Waals surface area contributed by atoms with Crippen LogP contribution < -0.4 is 5.32 Å². The number of carbonyl (C=O) groups excluding carboxylic acids is 1. The fourth-order valence-corrected chi connectivity index (χ4v) is 2.73. The van der Waals surface area contributed by atoms with Crippen LogP contribution in [0.15, 0.2) is 30.4 Å². The van der Waals surface area contributed by atoms with Crippen molar-refractivity contribution < 1.29 is 14.7 Å². The van der Waals surface area contributed by atoms with Gasteiger partial charge in [0.15, 0.2) is 5.54 Å². The minimum Gasteiger partial charge on any atom is -0.479 e. The summed E-state index contributed by atoms with van der Waals surface area (Å²) in [6.45, 7) is 1.45. The van der Waals surface area contributed by atoms with E-state index < -0.39 is 11.5 Å². The second kappa shape index (κ2) is 6.71. The second-order valence-electron chi connectivity index (χ2n) is 5.53. The number of hydrogen-bond acceptors (Lipinski definition) is 2. The topological polar surface area (TPSA) is 66.4 Å². The van der Waals surface area contributed by atoms with E-state index in [0.29, 0.717) is 17.0 Å². The lowest BCUT2D eigenvalue weighted by Crippen LogP contribution is -2.51. The van der Waals surface area contributed by atoms with Crippen LogP contribution in [0.3, 0.4) is 0 Å². The minimum atomic E-state index is -1.55. The van der Waals surface area contributed by atoms with Crippen LogP contribution in [0.25, 0.3) is 0 Å². The molecular weight excluding hydrogens is 325 g/mol. The van der Waals surface area contributed by atoms with Gasteiger partial charge in [0.1, 0.15) is 0 Å². The summed E-state index contributed by atoms with van der Waals surface area (Å²) in [6.07, 6.45) is 6.15. The Morgan fingerprint density at radius 2 is 2.00 bits per heavy atom. The van der Waals surface area contributed by atoms with Crippen molar-refractivity contribution in [3.8, 4) is 0 Å². The molecule has 4 nitrogen and oxygen atoms in total. The molecular formula is C16H17Cl2NO3. The molecule has 0 saturated heterocycles. The summed E-state index contributed by atoms with van der Waals surface area (Å²) in [4.78, 5) is 24.1. The van der Waals surface area contributed by atoms with Gasteiger partial charge in [0.25, 0.3) is 0 Å². The molecule has 2 unspecified atom stereocenters. The van der Waals surface area contributed by atoms with Crippen LogP contribution in [0, 0.1) is 5.92 Å². The summed E-state index contributed by atoms with van der Waals surface area (Å²) in [5.74, 6) is -1.61. The molecule has 0 aliphatic heterocycles. The van der Waals surface area contributed by atoms with Gasteiger partial charge in [0.05, 0.1) is 10.0 Å². The maximum atomic E-state index is 12.4. The molecule has 6 heteroatoms. The molecule has 2 N–H and O–H groups in total. The van der Waals surface area contributed by atoms with Crippen molar-refractivity contribution in [3.05, 3.63) is 46.0 Å². The minimum absolute atomic E-state index is 0.202. The van der Waals surface area contributed by atoms with Gasteiger partial charge in [-0.05, 0) is 43.9 Å². The van der Waals surface area contributed by atoms with Crippen molar-refractivity contribution in [1.29, 1.82) is 0 Å². The summed E-state index contributed by atoms with van der Waals surface area (Å²) in [5.41, 5.74) is -1.17. The third-order valence-electron chi connectivity index (χ3n) is 3.94. The molecule has 1 amide bonds. The number of nitrogens with one attached hydrogen (secondary N) is 1. The Kier molecular flexibility index (Phi) is 5.14. The molecule has 0 aromatic heterocycles. The number of carboxylic acid groups (broad SMARTS) is 1. The average molecular weight is 342 g/mol. The summed E-state index contributed by atoms with van der Waals surface area (Å²) >= 11 is 11.8. The van der Waals surface area contributed by atoms with Gasteiger partial charge in [-0.1, -0.05) is 41.4 Å². The highest BCUT2D eigenvalue weighted by molar-refractivity contribution is 6.42. The highest BCUT2D eigenvalue weighted by Gasteiger charge is 2.38. The van der Waals surface area contributed by atoms with E-state index in [0.717, 1.165) is 12.8 Å². The van der Waals surface area contributed by atoms with Gasteiger partial charge in [0, 0.05) is 5.92 Å². The first-order valence-electron chi connectivity index (χ1n) is 7.00. The zero-order valence-corrected chi connectivity index (χ0v) is 13.6. The van der Waals surface area contributed by atoms with Crippen molar-refractivity contribution in [3.63, 3.8) is 0 Å². The van der Waals surface area contributed by atoms with Crippen molar-refractivity contribution >= 4 is 35.1 Å². The molecule has 22 heavy (non-hydrogen) atoms. The van der Waals surface area contributed by atoms with Crippen LogP contribution in [0.2, 0.25) is 10.0 Å². The highest BCUT2D eigenvalue weighted by Crippen LogP contribution is 2.30. The molecule has 1 aromatic rings. The highest BCUT2D eigenvalue weighted by atomic mass is 35.5. The third-order valence-corrected chi connectivity index (χ3v) is 4.68. The van der Waals surface area contributed by atoms with Crippen LogP contribution in [0.5, 0.6) is 0 Å². The number of carbonyl (C=O) groups is 2. The van der Waals surface area contributed by atoms with Gasteiger partial charge in [-0.2, -0.15) is 0 Å². The lowest BCUT2D eigenvalue weighted by atomic mass is 9.88. The molecule has 0 spiro atoms. The molecule has 0 bridgehead atoms. The van der Waals surface area contributed by atoms with E-state index in [1.165, 1.54) is 19.1 Å². The van der Waals surface area contributed by atoms with E-state index in [9.17, 15) is 14.7 Å². The number of halogens is 2. The summed E-state index contributed by atoms with van der Waals surface area (Å²) in [5, 5.41) is 12.8. The number of rotatable bonds is 4. The summed E-state index contributed by atoms with van der Waals surface area (Å²) in [7, 11) is 0. The zero-order valence-electron chi connectivity index (χ0n) is 12.1. The van der Waals surface area contributed by atoms with Crippen molar-refractivity contribution in [2.45, 2.75) is 31.7 Å². The first-order valence-corrected chi connectivity index (χ1v) is 7.76. The predicted molar refractivity (Wildman–Crippen MR) is 86.1 cm³/mol. The van der Waals surface area contributed by atoms with Gasteiger partial charge in [-0.25, -0.2) is 4.79 Å². The van der Waals surface area contributed by atoms with E-state index in [1.54, 1.807) is 6.07 Å². The Morgan fingerprint density at radius 1 is 1.27 bits per heavy atom. The quantitative estimate of drug-likeness (QED) is 0.819. The number of allylic oxidation sites excluding steroid dienone is 2. The van der Waals surface area contributed by atoms with Gasteiger partial charge < -0.3 is 10.4 Å². The van der Waals surface area contributed by atoms with Crippen LogP contribution in [0.1, 0.15) is 31.7 Å². The Bertz CT molecular complexity index is 630. The molecule has 2 atom stereocenters.